The van der Waals surface area contributed by atoms with Gasteiger partial charge in [-0.05, 0) is 43.7 Å². The number of nitrogens with one attached hydrogen (secondary N) is 1. The SMILES string of the molecule is N#Cc1ccc(S(=O)(=O)NCC2CCC(O)CC2)s1. The van der Waals surface area contributed by atoms with E-state index in [-0.39, 0.29) is 16.2 Å². The number of nitrogens with zero attached hydrogens (tertiary/aromatic N) is 1. The van der Waals surface area contributed by atoms with Gasteiger partial charge in [0.15, 0.2) is 0 Å². The molecule has 1 aromatic heterocycles. The predicted molar refractivity (Wildman–Crippen MR) is 72.2 cm³/mol. The molecule has 1 saturated carbocycles. The Morgan fingerprint density at radius 3 is 2.63 bits per heavy atom. The molecule has 0 saturated heterocycles. The van der Waals surface area contributed by atoms with E-state index in [1.807, 2.05) is 6.07 Å². The van der Waals surface area contributed by atoms with Crippen molar-refractivity contribution in [1.82, 2.24) is 4.72 Å². The van der Waals surface area contributed by atoms with Crippen LogP contribution in [-0.2, 0) is 10.0 Å². The molecule has 0 bridgehead atoms. The molecule has 1 aliphatic rings. The molecule has 0 aliphatic heterocycles. The van der Waals surface area contributed by atoms with Crippen LogP contribution in [0.5, 0.6) is 0 Å². The molecule has 19 heavy (non-hydrogen) atoms. The minimum Gasteiger partial charge on any atom is -0.393 e. The van der Waals surface area contributed by atoms with Crippen molar-refractivity contribution in [2.24, 2.45) is 5.92 Å². The summed E-state index contributed by atoms with van der Waals surface area (Å²) in [5, 5.41) is 18.1. The highest BCUT2D eigenvalue weighted by atomic mass is 32.2. The summed E-state index contributed by atoms with van der Waals surface area (Å²) in [6.45, 7) is 0.398. The molecule has 0 atom stereocenters. The van der Waals surface area contributed by atoms with Gasteiger partial charge in [-0.3, -0.25) is 0 Å². The van der Waals surface area contributed by atoms with Gasteiger partial charge in [-0.15, -0.1) is 11.3 Å². The summed E-state index contributed by atoms with van der Waals surface area (Å²) in [7, 11) is -3.51. The molecule has 1 aliphatic carbocycles. The van der Waals surface area contributed by atoms with Crippen molar-refractivity contribution in [3.63, 3.8) is 0 Å². The molecule has 2 rings (SSSR count). The van der Waals surface area contributed by atoms with Crippen LogP contribution in [0.2, 0.25) is 0 Å². The third kappa shape index (κ3) is 3.76. The summed E-state index contributed by atoms with van der Waals surface area (Å²) in [6.07, 6.45) is 2.94. The van der Waals surface area contributed by atoms with Crippen molar-refractivity contribution in [2.45, 2.75) is 36.0 Å². The Labute approximate surface area is 116 Å². The van der Waals surface area contributed by atoms with Gasteiger partial charge < -0.3 is 5.11 Å². The quantitative estimate of drug-likeness (QED) is 0.880. The second-order valence-corrected chi connectivity index (χ2v) is 7.83. The molecule has 1 aromatic rings. The van der Waals surface area contributed by atoms with Crippen molar-refractivity contribution in [1.29, 1.82) is 5.26 Å². The summed E-state index contributed by atoms with van der Waals surface area (Å²) < 4.78 is 26.8. The Balaban J connectivity index is 1.93. The van der Waals surface area contributed by atoms with E-state index in [0.717, 1.165) is 37.0 Å². The van der Waals surface area contributed by atoms with Crippen LogP contribution >= 0.6 is 11.3 Å². The van der Waals surface area contributed by atoms with Gasteiger partial charge in [-0.25, -0.2) is 13.1 Å². The number of thiophene rings is 1. The zero-order valence-corrected chi connectivity index (χ0v) is 12.0. The number of aliphatic hydroxyl groups excluding tert-OH is 1. The first-order valence-electron chi connectivity index (χ1n) is 6.19. The fourth-order valence-corrected chi connectivity index (χ4v) is 4.44. The van der Waals surface area contributed by atoms with E-state index in [2.05, 4.69) is 4.72 Å². The lowest BCUT2D eigenvalue weighted by Gasteiger charge is -2.25. The minimum atomic E-state index is -3.51. The van der Waals surface area contributed by atoms with Gasteiger partial charge in [-0.2, -0.15) is 5.26 Å². The van der Waals surface area contributed by atoms with Crippen molar-refractivity contribution < 1.29 is 13.5 Å². The number of nitriles is 1. The largest absolute Gasteiger partial charge is 0.393 e. The van der Waals surface area contributed by atoms with Crippen LogP contribution in [0.3, 0.4) is 0 Å². The fourth-order valence-electron chi connectivity index (χ4n) is 2.17. The molecule has 1 fully saturated rings. The van der Waals surface area contributed by atoms with Crippen LogP contribution < -0.4 is 4.72 Å². The zero-order valence-electron chi connectivity index (χ0n) is 10.4. The van der Waals surface area contributed by atoms with E-state index in [1.54, 1.807) is 0 Å². The van der Waals surface area contributed by atoms with Gasteiger partial charge in [0, 0.05) is 6.54 Å². The number of hydrogen-bond donors (Lipinski definition) is 2. The lowest BCUT2D eigenvalue weighted by molar-refractivity contribution is 0.110. The van der Waals surface area contributed by atoms with Crippen molar-refractivity contribution in [3.8, 4) is 6.07 Å². The molecule has 104 valence electrons. The Morgan fingerprint density at radius 1 is 1.37 bits per heavy atom. The number of hydrogen-bond acceptors (Lipinski definition) is 5. The van der Waals surface area contributed by atoms with Crippen LogP contribution in [-0.4, -0.2) is 26.2 Å². The highest BCUT2D eigenvalue weighted by molar-refractivity contribution is 7.91. The van der Waals surface area contributed by atoms with Crippen LogP contribution in [0.15, 0.2) is 16.3 Å². The Bertz CT molecular complexity index is 566. The van der Waals surface area contributed by atoms with Crippen molar-refractivity contribution >= 4 is 21.4 Å². The predicted octanol–water partition coefficient (Wildman–Crippen LogP) is 1.45. The molecule has 5 nitrogen and oxygen atoms in total. The lowest BCUT2D eigenvalue weighted by atomic mass is 9.88. The van der Waals surface area contributed by atoms with E-state index in [0.29, 0.717) is 11.4 Å². The van der Waals surface area contributed by atoms with Gasteiger partial charge in [0.25, 0.3) is 0 Å². The number of sulfonamides is 1. The maximum atomic E-state index is 12.0. The lowest BCUT2D eigenvalue weighted by Crippen LogP contribution is -2.31. The Morgan fingerprint density at radius 2 is 2.05 bits per heavy atom. The summed E-state index contributed by atoms with van der Waals surface area (Å²) in [5.41, 5.74) is 0. The smallest absolute Gasteiger partial charge is 0.250 e. The fraction of sp³-hybridized carbons (Fsp3) is 0.583. The molecule has 2 N–H and O–H groups in total. The van der Waals surface area contributed by atoms with Crippen molar-refractivity contribution in [3.05, 3.63) is 17.0 Å². The highest BCUT2D eigenvalue weighted by Gasteiger charge is 2.22. The summed E-state index contributed by atoms with van der Waals surface area (Å²) in [6, 6.07) is 4.89. The van der Waals surface area contributed by atoms with Gasteiger partial charge >= 0.3 is 0 Å². The first-order valence-corrected chi connectivity index (χ1v) is 8.49. The first-order chi connectivity index (χ1) is 9.01. The Kier molecular flexibility index (Phi) is 4.58. The summed E-state index contributed by atoms with van der Waals surface area (Å²) >= 11 is 0.975. The zero-order chi connectivity index (χ0) is 13.9. The molecule has 7 heteroatoms. The van der Waals surface area contributed by atoms with Crippen LogP contribution in [0, 0.1) is 17.2 Å². The molecule has 0 unspecified atom stereocenters. The van der Waals surface area contributed by atoms with Gasteiger partial charge in [-0.1, -0.05) is 0 Å². The van der Waals surface area contributed by atoms with Crippen LogP contribution in [0.25, 0.3) is 0 Å². The number of rotatable bonds is 4. The van der Waals surface area contributed by atoms with E-state index in [4.69, 9.17) is 5.26 Å². The molecule has 0 radical (unpaired) electrons. The second-order valence-electron chi connectivity index (χ2n) is 4.76. The first kappa shape index (κ1) is 14.5. The summed E-state index contributed by atoms with van der Waals surface area (Å²) in [5.74, 6) is 0.286. The standard InChI is InChI=1S/C12H16N2O3S2/c13-7-11-5-6-12(18-11)19(16,17)14-8-9-1-3-10(15)4-2-9/h5-6,9-10,14-15H,1-4,8H2. The van der Waals surface area contributed by atoms with E-state index in [1.165, 1.54) is 12.1 Å². The van der Waals surface area contributed by atoms with Crippen molar-refractivity contribution in [2.75, 3.05) is 6.54 Å². The third-order valence-corrected chi connectivity index (χ3v) is 6.24. The average Bonchev–Trinajstić information content (AvgIpc) is 2.88. The maximum Gasteiger partial charge on any atom is 0.250 e. The molecule has 0 aromatic carbocycles. The normalized spacial score (nSPS) is 24.0. The van der Waals surface area contributed by atoms with E-state index < -0.39 is 10.0 Å². The topological polar surface area (TPSA) is 90.2 Å². The Hall–Kier alpha value is -0.940. The molecule has 0 spiro atoms. The molecule has 1 heterocycles. The maximum absolute atomic E-state index is 12.0. The van der Waals surface area contributed by atoms with Crippen LogP contribution in [0.4, 0.5) is 0 Å². The molecule has 0 amide bonds. The highest BCUT2D eigenvalue weighted by Crippen LogP contribution is 2.25. The molecular weight excluding hydrogens is 284 g/mol. The minimum absolute atomic E-state index is 0.180. The second kappa shape index (κ2) is 6.01. The molecular formula is C12H16N2O3S2. The van der Waals surface area contributed by atoms with E-state index >= 15 is 0 Å². The van der Waals surface area contributed by atoms with E-state index in [9.17, 15) is 13.5 Å². The van der Waals surface area contributed by atoms with Gasteiger partial charge in [0.2, 0.25) is 10.0 Å². The summed E-state index contributed by atoms with van der Waals surface area (Å²) in [4.78, 5) is 0.390. The van der Waals surface area contributed by atoms with Crippen LogP contribution in [0.1, 0.15) is 30.6 Å². The average molecular weight is 300 g/mol. The monoisotopic (exact) mass is 300 g/mol. The van der Waals surface area contributed by atoms with Gasteiger partial charge in [0.05, 0.1) is 6.10 Å². The van der Waals surface area contributed by atoms with Gasteiger partial charge in [0.1, 0.15) is 15.2 Å². The third-order valence-electron chi connectivity index (χ3n) is 3.33. The number of aliphatic hydroxyl groups is 1.